The monoisotopic (exact) mass is 335 g/mol. The summed E-state index contributed by atoms with van der Waals surface area (Å²) in [7, 11) is -3.21. The second kappa shape index (κ2) is 5.89. The minimum absolute atomic E-state index is 0.271. The highest BCUT2D eigenvalue weighted by atomic mass is 35.5. The molecule has 0 amide bonds. The van der Waals surface area contributed by atoms with Crippen LogP contribution in [0.4, 0.5) is 0 Å². The highest BCUT2D eigenvalue weighted by molar-refractivity contribution is 7.88. The van der Waals surface area contributed by atoms with Crippen LogP contribution >= 0.6 is 23.2 Å². The molecule has 2 rings (SSSR count). The number of sulfonamides is 1. The average molecular weight is 336 g/mol. The second-order valence-corrected chi connectivity index (χ2v) is 7.46. The zero-order chi connectivity index (χ0) is 14.9. The van der Waals surface area contributed by atoms with Crippen molar-refractivity contribution < 1.29 is 8.42 Å². The van der Waals surface area contributed by atoms with E-state index in [2.05, 4.69) is 9.71 Å². The molecule has 1 atom stereocenters. The van der Waals surface area contributed by atoms with Gasteiger partial charge in [0.25, 0.3) is 0 Å². The molecule has 110 valence electrons. The molecule has 0 bridgehead atoms. The fraction of sp³-hybridized carbons (Fsp3) is 0.417. The number of hydrogen-bond donors (Lipinski definition) is 1. The largest absolute Gasteiger partial charge is 0.325 e. The van der Waals surface area contributed by atoms with Gasteiger partial charge in [-0.15, -0.1) is 11.6 Å². The first-order chi connectivity index (χ1) is 9.28. The molecular weight excluding hydrogens is 321 g/mol. The van der Waals surface area contributed by atoms with E-state index in [0.717, 1.165) is 17.3 Å². The Morgan fingerprint density at radius 2 is 2.15 bits per heavy atom. The fourth-order valence-electron chi connectivity index (χ4n) is 2.00. The first-order valence-electron chi connectivity index (χ1n) is 6.02. The summed E-state index contributed by atoms with van der Waals surface area (Å²) in [4.78, 5) is 4.46. The molecule has 0 fully saturated rings. The molecule has 5 nitrogen and oxygen atoms in total. The van der Waals surface area contributed by atoms with Gasteiger partial charge in [-0.2, -0.15) is 0 Å². The zero-order valence-corrected chi connectivity index (χ0v) is 13.4. The van der Waals surface area contributed by atoms with E-state index >= 15 is 0 Å². The maximum atomic E-state index is 11.1. The minimum Gasteiger partial charge on any atom is -0.325 e. The van der Waals surface area contributed by atoms with Gasteiger partial charge >= 0.3 is 0 Å². The second-order valence-electron chi connectivity index (χ2n) is 4.54. The number of nitrogens with zero attached hydrogens (tertiary/aromatic N) is 2. The van der Waals surface area contributed by atoms with Crippen LogP contribution in [-0.4, -0.2) is 30.8 Å². The van der Waals surface area contributed by atoms with Gasteiger partial charge in [0.2, 0.25) is 10.0 Å². The van der Waals surface area contributed by atoms with Gasteiger partial charge in [-0.3, -0.25) is 0 Å². The summed E-state index contributed by atoms with van der Waals surface area (Å²) in [5, 5.41) is 0.322. The molecule has 0 aliphatic carbocycles. The average Bonchev–Trinajstić information content (AvgIpc) is 2.66. The molecule has 0 saturated carbocycles. The molecule has 1 aromatic heterocycles. The van der Waals surface area contributed by atoms with Crippen molar-refractivity contribution in [1.82, 2.24) is 14.3 Å². The third kappa shape index (κ3) is 3.63. The van der Waals surface area contributed by atoms with Crippen molar-refractivity contribution in [3.63, 3.8) is 0 Å². The van der Waals surface area contributed by atoms with Crippen LogP contribution in [0.2, 0.25) is 5.02 Å². The van der Waals surface area contributed by atoms with Crippen LogP contribution in [0.3, 0.4) is 0 Å². The summed E-state index contributed by atoms with van der Waals surface area (Å²) in [6.07, 6.45) is 1.13. The van der Waals surface area contributed by atoms with Crippen LogP contribution in [0, 0.1) is 0 Å². The number of rotatable bonds is 5. The number of benzene rings is 1. The molecule has 8 heteroatoms. The van der Waals surface area contributed by atoms with Gasteiger partial charge in [0.05, 0.1) is 22.7 Å². The van der Waals surface area contributed by atoms with Crippen molar-refractivity contribution >= 4 is 44.3 Å². The third-order valence-electron chi connectivity index (χ3n) is 2.80. The Hall–Kier alpha value is -0.820. The van der Waals surface area contributed by atoms with Crippen LogP contribution in [0.5, 0.6) is 0 Å². The van der Waals surface area contributed by atoms with Crippen molar-refractivity contribution in [1.29, 1.82) is 0 Å². The molecule has 1 unspecified atom stereocenters. The quantitative estimate of drug-likeness (QED) is 0.854. The van der Waals surface area contributed by atoms with Crippen molar-refractivity contribution in [3.8, 4) is 0 Å². The predicted octanol–water partition coefficient (Wildman–Crippen LogP) is 2.54. The fourth-order valence-corrected chi connectivity index (χ4v) is 2.79. The molecule has 2 aromatic rings. The Balaban J connectivity index is 2.38. The van der Waals surface area contributed by atoms with Gasteiger partial charge < -0.3 is 4.57 Å². The lowest BCUT2D eigenvalue weighted by Crippen LogP contribution is -2.26. The Labute approximate surface area is 127 Å². The van der Waals surface area contributed by atoms with Gasteiger partial charge in [-0.05, 0) is 25.1 Å². The number of aromatic nitrogens is 2. The zero-order valence-electron chi connectivity index (χ0n) is 11.1. The molecular formula is C12H15Cl2N3O2S. The lowest BCUT2D eigenvalue weighted by Gasteiger charge is -2.10. The lowest BCUT2D eigenvalue weighted by molar-refractivity contribution is 0.577. The topological polar surface area (TPSA) is 64.0 Å². The Morgan fingerprint density at radius 1 is 1.45 bits per heavy atom. The van der Waals surface area contributed by atoms with E-state index in [9.17, 15) is 8.42 Å². The maximum absolute atomic E-state index is 11.1. The molecule has 0 radical (unpaired) electrons. The standard InChI is InChI=1S/C12H15Cl2N3O2S/c1-8(13)12-16-10-4-3-9(14)7-11(10)17(12)6-5-15-20(2,18)19/h3-4,7-8,15H,5-6H2,1-2H3. The molecule has 1 heterocycles. The normalized spacial score (nSPS) is 13.8. The van der Waals surface area contributed by atoms with Crippen molar-refractivity contribution in [2.24, 2.45) is 0 Å². The minimum atomic E-state index is -3.21. The Morgan fingerprint density at radius 3 is 2.75 bits per heavy atom. The van der Waals surface area contributed by atoms with Crippen LogP contribution in [0.15, 0.2) is 18.2 Å². The molecule has 0 saturated heterocycles. The van der Waals surface area contributed by atoms with Crippen LogP contribution in [0.25, 0.3) is 11.0 Å². The van der Waals surface area contributed by atoms with E-state index < -0.39 is 10.0 Å². The van der Waals surface area contributed by atoms with Gasteiger partial charge in [0, 0.05) is 18.1 Å². The summed E-state index contributed by atoms with van der Waals surface area (Å²) in [6, 6.07) is 5.38. The number of alkyl halides is 1. The number of fused-ring (bicyclic) bond motifs is 1. The van der Waals surface area contributed by atoms with Crippen molar-refractivity contribution in [2.45, 2.75) is 18.8 Å². The van der Waals surface area contributed by atoms with E-state index in [-0.39, 0.29) is 11.9 Å². The smallest absolute Gasteiger partial charge is 0.208 e. The highest BCUT2D eigenvalue weighted by Gasteiger charge is 2.15. The summed E-state index contributed by atoms with van der Waals surface area (Å²) in [5.41, 5.74) is 1.63. The van der Waals surface area contributed by atoms with E-state index in [4.69, 9.17) is 23.2 Å². The lowest BCUT2D eigenvalue weighted by atomic mass is 10.3. The summed E-state index contributed by atoms with van der Waals surface area (Å²) in [6.45, 7) is 2.54. The van der Waals surface area contributed by atoms with Gasteiger partial charge in [-0.1, -0.05) is 11.6 Å². The third-order valence-corrected chi connectivity index (χ3v) is 3.95. The van der Waals surface area contributed by atoms with E-state index in [0.29, 0.717) is 17.4 Å². The molecule has 1 N–H and O–H groups in total. The Bertz CT molecular complexity index is 726. The molecule has 0 aliphatic heterocycles. The number of imidazole rings is 1. The van der Waals surface area contributed by atoms with Gasteiger partial charge in [0.1, 0.15) is 5.82 Å². The maximum Gasteiger partial charge on any atom is 0.208 e. The molecule has 20 heavy (non-hydrogen) atoms. The van der Waals surface area contributed by atoms with Crippen molar-refractivity contribution in [2.75, 3.05) is 12.8 Å². The number of nitrogens with one attached hydrogen (secondary N) is 1. The molecule has 0 aliphatic rings. The molecule has 0 spiro atoms. The van der Waals surface area contributed by atoms with Crippen LogP contribution < -0.4 is 4.72 Å². The van der Waals surface area contributed by atoms with E-state index in [1.54, 1.807) is 12.1 Å². The summed E-state index contributed by atoms with van der Waals surface area (Å²) in [5.74, 6) is 0.694. The number of hydrogen-bond acceptors (Lipinski definition) is 3. The van der Waals surface area contributed by atoms with Gasteiger partial charge in [-0.25, -0.2) is 18.1 Å². The Kier molecular flexibility index (Phi) is 4.59. The predicted molar refractivity (Wildman–Crippen MR) is 81.9 cm³/mol. The van der Waals surface area contributed by atoms with Gasteiger partial charge in [0.15, 0.2) is 0 Å². The summed E-state index contributed by atoms with van der Waals surface area (Å²) < 4.78 is 26.6. The van der Waals surface area contributed by atoms with Crippen molar-refractivity contribution in [3.05, 3.63) is 29.0 Å². The number of halogens is 2. The highest BCUT2D eigenvalue weighted by Crippen LogP contribution is 2.26. The first-order valence-corrected chi connectivity index (χ1v) is 8.73. The van der Waals surface area contributed by atoms with E-state index in [1.807, 2.05) is 17.6 Å². The first kappa shape index (κ1) is 15.6. The molecule has 1 aromatic carbocycles. The summed E-state index contributed by atoms with van der Waals surface area (Å²) >= 11 is 12.1. The van der Waals surface area contributed by atoms with E-state index in [1.165, 1.54) is 0 Å². The SMILES string of the molecule is CC(Cl)c1nc2ccc(Cl)cc2n1CCNS(C)(=O)=O. The van der Waals surface area contributed by atoms with Crippen LogP contribution in [0.1, 0.15) is 18.1 Å². The van der Waals surface area contributed by atoms with Crippen LogP contribution in [-0.2, 0) is 16.6 Å².